The van der Waals surface area contributed by atoms with Gasteiger partial charge < -0.3 is 15.7 Å². The molecule has 144 valence electrons. The molecule has 0 radical (unpaired) electrons. The molecule has 3 atom stereocenters. The van der Waals surface area contributed by atoms with E-state index in [1.165, 1.54) is 4.68 Å². The van der Waals surface area contributed by atoms with Crippen LogP contribution < -0.4 is 10.6 Å². The highest BCUT2D eigenvalue weighted by Crippen LogP contribution is 2.26. The number of rotatable bonds is 8. The van der Waals surface area contributed by atoms with E-state index in [1.807, 2.05) is 6.92 Å². The van der Waals surface area contributed by atoms with Crippen LogP contribution in [0.3, 0.4) is 0 Å². The van der Waals surface area contributed by atoms with Crippen molar-refractivity contribution in [3.8, 4) is 0 Å². The fourth-order valence-corrected chi connectivity index (χ4v) is 3.44. The van der Waals surface area contributed by atoms with E-state index in [2.05, 4.69) is 15.7 Å². The van der Waals surface area contributed by atoms with E-state index in [4.69, 9.17) is 0 Å². The normalized spacial score (nSPS) is 20.6. The molecule has 0 aromatic carbocycles. The van der Waals surface area contributed by atoms with Gasteiger partial charge in [0.05, 0.1) is 11.6 Å². The second kappa shape index (κ2) is 8.82. The third kappa shape index (κ3) is 4.83. The molecule has 0 spiro atoms. The lowest BCUT2D eigenvalue weighted by atomic mass is 10.0. The van der Waals surface area contributed by atoms with Crippen LogP contribution in [0.15, 0.2) is 6.07 Å². The second-order valence-electron chi connectivity index (χ2n) is 6.95. The summed E-state index contributed by atoms with van der Waals surface area (Å²) < 4.78 is 1.48. The summed E-state index contributed by atoms with van der Waals surface area (Å²) in [5.74, 6) is -2.11. The third-order valence-electron chi connectivity index (χ3n) is 4.86. The van der Waals surface area contributed by atoms with Crippen molar-refractivity contribution in [3.05, 3.63) is 17.5 Å². The largest absolute Gasteiger partial charge is 0.481 e. The third-order valence-corrected chi connectivity index (χ3v) is 4.86. The first-order valence-corrected chi connectivity index (χ1v) is 9.18. The number of hydrogen-bond donors (Lipinski definition) is 3. The molecule has 8 heteroatoms. The molecule has 26 heavy (non-hydrogen) atoms. The number of amides is 2. The molecule has 2 rings (SSSR count). The molecule has 0 unspecified atom stereocenters. The van der Waals surface area contributed by atoms with Crippen molar-refractivity contribution in [2.75, 3.05) is 0 Å². The number of aryl methyl sites for hydroxylation is 2. The zero-order valence-corrected chi connectivity index (χ0v) is 15.6. The number of nitrogens with one attached hydrogen (secondary N) is 2. The van der Waals surface area contributed by atoms with E-state index in [0.29, 0.717) is 25.0 Å². The summed E-state index contributed by atoms with van der Waals surface area (Å²) in [4.78, 5) is 36.5. The summed E-state index contributed by atoms with van der Waals surface area (Å²) in [6.45, 7) is 3.81. The quantitative estimate of drug-likeness (QED) is 0.645. The predicted molar refractivity (Wildman–Crippen MR) is 95.6 cm³/mol. The van der Waals surface area contributed by atoms with Gasteiger partial charge in [-0.3, -0.25) is 19.1 Å². The standard InChI is InChI=1S/C18H28N4O4/c1-4-5-8-14(20-17(24)15-10-11(2)21-22(15)3)16(23)19-13-9-6-7-12(13)18(25)26/h10,12-14H,4-9H2,1-3H3,(H,19,23)(H,20,24)(H,25,26)/t12-,13+,14+/m1/s1. The van der Waals surface area contributed by atoms with Crippen molar-refractivity contribution in [3.63, 3.8) is 0 Å². The Morgan fingerprint density at radius 1 is 1.38 bits per heavy atom. The minimum atomic E-state index is -0.882. The molecule has 8 nitrogen and oxygen atoms in total. The number of aliphatic carboxylic acids is 1. The molecule has 1 saturated carbocycles. The molecule has 1 fully saturated rings. The fraction of sp³-hybridized carbons (Fsp3) is 0.667. The molecule has 1 heterocycles. The van der Waals surface area contributed by atoms with Gasteiger partial charge >= 0.3 is 5.97 Å². The predicted octanol–water partition coefficient (Wildman–Crippen LogP) is 1.39. The van der Waals surface area contributed by atoms with Crippen molar-refractivity contribution in [1.29, 1.82) is 0 Å². The minimum absolute atomic E-state index is 0.316. The monoisotopic (exact) mass is 364 g/mol. The van der Waals surface area contributed by atoms with Crippen LogP contribution in [0.2, 0.25) is 0 Å². The average molecular weight is 364 g/mol. The first kappa shape index (κ1) is 19.9. The number of carboxylic acid groups (broad SMARTS) is 1. The van der Waals surface area contributed by atoms with Crippen molar-refractivity contribution in [1.82, 2.24) is 20.4 Å². The van der Waals surface area contributed by atoms with Crippen LogP contribution in [0.4, 0.5) is 0 Å². The molecule has 0 saturated heterocycles. The minimum Gasteiger partial charge on any atom is -0.481 e. The van der Waals surface area contributed by atoms with Crippen molar-refractivity contribution in [2.24, 2.45) is 13.0 Å². The zero-order valence-electron chi connectivity index (χ0n) is 15.6. The fourth-order valence-electron chi connectivity index (χ4n) is 3.44. The first-order valence-electron chi connectivity index (χ1n) is 9.18. The number of carbonyl (C=O) groups excluding carboxylic acids is 2. The highest BCUT2D eigenvalue weighted by Gasteiger charge is 2.35. The van der Waals surface area contributed by atoms with Gasteiger partial charge in [0.2, 0.25) is 5.91 Å². The van der Waals surface area contributed by atoms with Crippen LogP contribution in [-0.4, -0.2) is 44.8 Å². The van der Waals surface area contributed by atoms with E-state index >= 15 is 0 Å². The molecule has 0 bridgehead atoms. The van der Waals surface area contributed by atoms with Crippen molar-refractivity contribution >= 4 is 17.8 Å². The van der Waals surface area contributed by atoms with Crippen LogP contribution in [-0.2, 0) is 16.6 Å². The average Bonchev–Trinajstić information content (AvgIpc) is 3.17. The number of carboxylic acids is 1. The molecule has 0 aliphatic heterocycles. The second-order valence-corrected chi connectivity index (χ2v) is 6.95. The van der Waals surface area contributed by atoms with Crippen LogP contribution in [0.25, 0.3) is 0 Å². The van der Waals surface area contributed by atoms with Crippen LogP contribution >= 0.6 is 0 Å². The van der Waals surface area contributed by atoms with E-state index < -0.39 is 17.9 Å². The maximum absolute atomic E-state index is 12.7. The van der Waals surface area contributed by atoms with Gasteiger partial charge in [0.1, 0.15) is 11.7 Å². The summed E-state index contributed by atoms with van der Waals surface area (Å²) in [6.07, 6.45) is 4.19. The van der Waals surface area contributed by atoms with E-state index in [9.17, 15) is 19.5 Å². The lowest BCUT2D eigenvalue weighted by Crippen LogP contribution is -2.51. The summed E-state index contributed by atoms with van der Waals surface area (Å²) in [7, 11) is 1.68. The Morgan fingerprint density at radius 2 is 2.12 bits per heavy atom. The van der Waals surface area contributed by atoms with E-state index in [-0.39, 0.29) is 17.9 Å². The number of unbranched alkanes of at least 4 members (excludes halogenated alkanes) is 1. The van der Waals surface area contributed by atoms with Gasteiger partial charge in [0.15, 0.2) is 0 Å². The first-order chi connectivity index (χ1) is 12.3. The molecular weight excluding hydrogens is 336 g/mol. The van der Waals surface area contributed by atoms with Crippen LogP contribution in [0, 0.1) is 12.8 Å². The van der Waals surface area contributed by atoms with Crippen LogP contribution in [0.1, 0.15) is 61.6 Å². The number of aromatic nitrogens is 2. The van der Waals surface area contributed by atoms with Gasteiger partial charge in [-0.05, 0) is 32.3 Å². The lowest BCUT2D eigenvalue weighted by Gasteiger charge is -2.23. The van der Waals surface area contributed by atoms with Gasteiger partial charge in [-0.1, -0.05) is 26.2 Å². The maximum Gasteiger partial charge on any atom is 0.308 e. The highest BCUT2D eigenvalue weighted by molar-refractivity contribution is 5.96. The van der Waals surface area contributed by atoms with Gasteiger partial charge in [-0.25, -0.2) is 0 Å². The summed E-state index contributed by atoms with van der Waals surface area (Å²) >= 11 is 0. The molecule has 1 aromatic heterocycles. The maximum atomic E-state index is 12.7. The van der Waals surface area contributed by atoms with Gasteiger partial charge in [0, 0.05) is 13.1 Å². The smallest absolute Gasteiger partial charge is 0.308 e. The van der Waals surface area contributed by atoms with Crippen molar-refractivity contribution in [2.45, 2.75) is 64.5 Å². The summed E-state index contributed by atoms with van der Waals surface area (Å²) in [6, 6.07) is 0.606. The molecule has 3 N–H and O–H groups in total. The molecular formula is C18H28N4O4. The Bertz CT molecular complexity index is 670. The molecule has 2 amide bonds. The van der Waals surface area contributed by atoms with Gasteiger partial charge in [-0.15, -0.1) is 0 Å². The Balaban J connectivity index is 2.05. The Labute approximate surface area is 153 Å². The number of hydrogen-bond acceptors (Lipinski definition) is 4. The Hall–Kier alpha value is -2.38. The van der Waals surface area contributed by atoms with Crippen molar-refractivity contribution < 1.29 is 19.5 Å². The molecule has 1 aliphatic rings. The number of nitrogens with zero attached hydrogens (tertiary/aromatic N) is 2. The number of carbonyl (C=O) groups is 3. The Morgan fingerprint density at radius 3 is 2.69 bits per heavy atom. The zero-order chi connectivity index (χ0) is 19.3. The highest BCUT2D eigenvalue weighted by atomic mass is 16.4. The van der Waals surface area contributed by atoms with Crippen LogP contribution in [0.5, 0.6) is 0 Å². The summed E-state index contributed by atoms with van der Waals surface area (Å²) in [5.41, 5.74) is 1.11. The topological polar surface area (TPSA) is 113 Å². The van der Waals surface area contributed by atoms with Gasteiger partial charge in [-0.2, -0.15) is 5.10 Å². The molecule has 1 aliphatic carbocycles. The SMILES string of the molecule is CCCC[C@H](NC(=O)c1cc(C)nn1C)C(=O)N[C@H]1CCC[C@H]1C(=O)O. The lowest BCUT2D eigenvalue weighted by molar-refractivity contribution is -0.142. The molecule has 1 aromatic rings. The summed E-state index contributed by atoms with van der Waals surface area (Å²) in [5, 5.41) is 19.0. The van der Waals surface area contributed by atoms with Gasteiger partial charge in [0.25, 0.3) is 5.91 Å². The Kier molecular flexibility index (Phi) is 6.76. The van der Waals surface area contributed by atoms with E-state index in [0.717, 1.165) is 25.0 Å². The van der Waals surface area contributed by atoms with E-state index in [1.54, 1.807) is 20.0 Å².